The van der Waals surface area contributed by atoms with Gasteiger partial charge in [0, 0.05) is 11.8 Å². The molecule has 2 heterocycles. The second kappa shape index (κ2) is 9.34. The smallest absolute Gasteiger partial charge is 0.319 e. The summed E-state index contributed by atoms with van der Waals surface area (Å²) in [7, 11) is 0. The SMILES string of the molecule is Cc1nn(Cc2ccc(C(=O)Nc3cnn(Cc4cccc(C(F)(F)F)c4)c3)cc2)c(C)c1Cl. The highest BCUT2D eigenvalue weighted by atomic mass is 35.5. The Morgan fingerprint density at radius 1 is 1.06 bits per heavy atom. The van der Waals surface area contributed by atoms with Crippen LogP contribution in [0.15, 0.2) is 60.9 Å². The molecule has 0 saturated heterocycles. The Kier molecular flexibility index (Phi) is 6.47. The van der Waals surface area contributed by atoms with Crippen LogP contribution in [0.25, 0.3) is 0 Å². The Morgan fingerprint density at radius 2 is 1.79 bits per heavy atom. The van der Waals surface area contributed by atoms with E-state index in [1.54, 1.807) is 24.4 Å². The fraction of sp³-hybridized carbons (Fsp3) is 0.208. The van der Waals surface area contributed by atoms with E-state index in [1.807, 2.05) is 30.7 Å². The van der Waals surface area contributed by atoms with Crippen molar-refractivity contribution in [2.75, 3.05) is 5.32 Å². The van der Waals surface area contributed by atoms with E-state index in [0.717, 1.165) is 29.1 Å². The van der Waals surface area contributed by atoms with Gasteiger partial charge in [-0.2, -0.15) is 23.4 Å². The number of rotatable bonds is 6. The first kappa shape index (κ1) is 23.6. The fourth-order valence-electron chi connectivity index (χ4n) is 3.51. The molecule has 2 aromatic carbocycles. The van der Waals surface area contributed by atoms with E-state index >= 15 is 0 Å². The van der Waals surface area contributed by atoms with Crippen molar-refractivity contribution < 1.29 is 18.0 Å². The summed E-state index contributed by atoms with van der Waals surface area (Å²) in [6, 6.07) is 12.2. The molecule has 4 aromatic rings. The van der Waals surface area contributed by atoms with Gasteiger partial charge in [-0.25, -0.2) is 0 Å². The average Bonchev–Trinajstić information content (AvgIpc) is 3.33. The molecule has 6 nitrogen and oxygen atoms in total. The van der Waals surface area contributed by atoms with E-state index in [2.05, 4.69) is 15.5 Å². The van der Waals surface area contributed by atoms with Crippen LogP contribution in [-0.4, -0.2) is 25.5 Å². The van der Waals surface area contributed by atoms with Crippen molar-refractivity contribution in [3.05, 3.63) is 99.6 Å². The number of nitrogens with one attached hydrogen (secondary N) is 1. The second-order valence-corrected chi connectivity index (χ2v) is 8.30. The topological polar surface area (TPSA) is 64.7 Å². The van der Waals surface area contributed by atoms with E-state index in [9.17, 15) is 18.0 Å². The van der Waals surface area contributed by atoms with Crippen molar-refractivity contribution in [1.82, 2.24) is 19.6 Å². The molecule has 0 spiro atoms. The second-order valence-electron chi connectivity index (χ2n) is 7.92. The van der Waals surface area contributed by atoms with Crippen LogP contribution >= 0.6 is 11.6 Å². The summed E-state index contributed by atoms with van der Waals surface area (Å²) in [5.74, 6) is -0.320. The van der Waals surface area contributed by atoms with Crippen molar-refractivity contribution in [2.24, 2.45) is 0 Å². The number of aromatic nitrogens is 4. The van der Waals surface area contributed by atoms with Crippen LogP contribution in [0.4, 0.5) is 18.9 Å². The molecule has 10 heteroatoms. The lowest BCUT2D eigenvalue weighted by atomic mass is 10.1. The largest absolute Gasteiger partial charge is 0.416 e. The average molecular weight is 488 g/mol. The number of amides is 1. The third-order valence-corrected chi connectivity index (χ3v) is 5.88. The quantitative estimate of drug-likeness (QED) is 0.378. The van der Waals surface area contributed by atoms with Crippen molar-refractivity contribution in [3.63, 3.8) is 0 Å². The van der Waals surface area contributed by atoms with Gasteiger partial charge in [0.2, 0.25) is 0 Å². The summed E-state index contributed by atoms with van der Waals surface area (Å²) in [5.41, 5.74) is 3.25. The highest BCUT2D eigenvalue weighted by Gasteiger charge is 2.30. The molecule has 0 aliphatic rings. The van der Waals surface area contributed by atoms with E-state index in [0.29, 0.717) is 28.4 Å². The molecular formula is C24H21ClF3N5O. The molecule has 0 bridgehead atoms. The molecule has 34 heavy (non-hydrogen) atoms. The van der Waals surface area contributed by atoms with Crippen molar-refractivity contribution in [2.45, 2.75) is 33.1 Å². The van der Waals surface area contributed by atoms with Crippen LogP contribution < -0.4 is 5.32 Å². The molecule has 0 atom stereocenters. The fourth-order valence-corrected chi connectivity index (χ4v) is 3.65. The van der Waals surface area contributed by atoms with Gasteiger partial charge in [-0.15, -0.1) is 0 Å². The zero-order valence-electron chi connectivity index (χ0n) is 18.4. The monoisotopic (exact) mass is 487 g/mol. The number of anilines is 1. The number of nitrogens with zero attached hydrogens (tertiary/aromatic N) is 4. The summed E-state index contributed by atoms with van der Waals surface area (Å²) >= 11 is 6.19. The first-order chi connectivity index (χ1) is 16.1. The van der Waals surface area contributed by atoms with Gasteiger partial charge in [0.1, 0.15) is 0 Å². The number of carbonyl (C=O) groups excluding carboxylic acids is 1. The molecule has 176 valence electrons. The minimum atomic E-state index is -4.40. The number of halogens is 4. The minimum absolute atomic E-state index is 0.144. The zero-order valence-corrected chi connectivity index (χ0v) is 19.2. The van der Waals surface area contributed by atoms with Gasteiger partial charge in [0.05, 0.1) is 46.9 Å². The molecule has 0 fully saturated rings. The molecule has 1 amide bonds. The van der Waals surface area contributed by atoms with Gasteiger partial charge < -0.3 is 5.32 Å². The molecule has 1 N–H and O–H groups in total. The lowest BCUT2D eigenvalue weighted by Crippen LogP contribution is -2.12. The number of benzene rings is 2. The van der Waals surface area contributed by atoms with Gasteiger partial charge in [-0.05, 0) is 49.2 Å². The number of hydrogen-bond acceptors (Lipinski definition) is 3. The van der Waals surface area contributed by atoms with Crippen LogP contribution in [0, 0.1) is 13.8 Å². The van der Waals surface area contributed by atoms with Crippen molar-refractivity contribution >= 4 is 23.2 Å². The van der Waals surface area contributed by atoms with Crippen molar-refractivity contribution in [3.8, 4) is 0 Å². The zero-order chi connectivity index (χ0) is 24.5. The predicted molar refractivity (Wildman–Crippen MR) is 123 cm³/mol. The lowest BCUT2D eigenvalue weighted by molar-refractivity contribution is -0.137. The molecule has 0 aliphatic carbocycles. The Balaban J connectivity index is 1.38. The summed E-state index contributed by atoms with van der Waals surface area (Å²) in [6.07, 6.45) is -1.39. The third-order valence-electron chi connectivity index (χ3n) is 5.33. The number of aryl methyl sites for hydroxylation is 1. The highest BCUT2D eigenvalue weighted by molar-refractivity contribution is 6.31. The number of hydrogen-bond donors (Lipinski definition) is 1. The maximum atomic E-state index is 12.9. The Labute approximate surface area is 199 Å². The normalized spacial score (nSPS) is 11.6. The molecule has 4 rings (SSSR count). The molecule has 0 aliphatic heterocycles. The van der Waals surface area contributed by atoms with Crippen molar-refractivity contribution in [1.29, 1.82) is 0 Å². The summed E-state index contributed by atoms with van der Waals surface area (Å²) in [6.45, 7) is 4.42. The predicted octanol–water partition coefficient (Wildman–Crippen LogP) is 5.72. The van der Waals surface area contributed by atoms with Gasteiger partial charge in [-0.3, -0.25) is 14.2 Å². The molecule has 2 aromatic heterocycles. The number of alkyl halides is 3. The lowest BCUT2D eigenvalue weighted by Gasteiger charge is -2.08. The number of carbonyl (C=O) groups is 1. The maximum absolute atomic E-state index is 12.9. The van der Waals surface area contributed by atoms with Gasteiger partial charge in [-0.1, -0.05) is 35.9 Å². The van der Waals surface area contributed by atoms with E-state index < -0.39 is 11.7 Å². The summed E-state index contributed by atoms with van der Waals surface area (Å²) in [5, 5.41) is 11.9. The molecule has 0 saturated carbocycles. The summed E-state index contributed by atoms with van der Waals surface area (Å²) < 4.78 is 42.0. The van der Waals surface area contributed by atoms with Gasteiger partial charge in [0.15, 0.2) is 0 Å². The van der Waals surface area contributed by atoms with Crippen LogP contribution in [-0.2, 0) is 19.3 Å². The standard InChI is InChI=1S/C24H21ClF3N5O/c1-15-22(25)16(2)33(31-15)13-17-6-8-19(9-7-17)23(34)30-21-11-29-32(14-21)12-18-4-3-5-20(10-18)24(26,27)28/h3-11,14H,12-13H2,1-2H3,(H,30,34). The van der Waals surface area contributed by atoms with Gasteiger partial charge >= 0.3 is 6.18 Å². The molecule has 0 unspecified atom stereocenters. The maximum Gasteiger partial charge on any atom is 0.416 e. The van der Waals surface area contributed by atoms with E-state index in [1.165, 1.54) is 16.9 Å². The van der Waals surface area contributed by atoms with Crippen LogP contribution in [0.1, 0.15) is 38.4 Å². The van der Waals surface area contributed by atoms with Crippen LogP contribution in [0.3, 0.4) is 0 Å². The first-order valence-electron chi connectivity index (χ1n) is 10.4. The van der Waals surface area contributed by atoms with Crippen LogP contribution in [0.2, 0.25) is 5.02 Å². The van der Waals surface area contributed by atoms with E-state index in [-0.39, 0.29) is 12.5 Å². The molecule has 0 radical (unpaired) electrons. The van der Waals surface area contributed by atoms with Gasteiger partial charge in [0.25, 0.3) is 5.91 Å². The Hall–Kier alpha value is -3.59. The Morgan fingerprint density at radius 3 is 2.44 bits per heavy atom. The minimum Gasteiger partial charge on any atom is -0.319 e. The summed E-state index contributed by atoms with van der Waals surface area (Å²) in [4.78, 5) is 12.6. The van der Waals surface area contributed by atoms with E-state index in [4.69, 9.17) is 11.6 Å². The van der Waals surface area contributed by atoms with Crippen LogP contribution in [0.5, 0.6) is 0 Å². The first-order valence-corrected chi connectivity index (χ1v) is 10.8. The Bertz CT molecular complexity index is 1330. The molecular weight excluding hydrogens is 467 g/mol. The third kappa shape index (κ3) is 5.31. The highest BCUT2D eigenvalue weighted by Crippen LogP contribution is 2.29.